The number of benzene rings is 3. The summed E-state index contributed by atoms with van der Waals surface area (Å²) in [6, 6.07) is 16.5. The number of rotatable bonds is 5. The highest BCUT2D eigenvalue weighted by atomic mass is 32.2. The second-order valence-electron chi connectivity index (χ2n) is 9.66. The van der Waals surface area contributed by atoms with Gasteiger partial charge in [-0.2, -0.15) is 5.26 Å². The highest BCUT2D eigenvalue weighted by Crippen LogP contribution is 2.39. The van der Waals surface area contributed by atoms with Crippen LogP contribution in [-0.4, -0.2) is 37.0 Å². The number of nitriles is 1. The summed E-state index contributed by atoms with van der Waals surface area (Å²) in [5, 5.41) is 9.63. The van der Waals surface area contributed by atoms with Gasteiger partial charge >= 0.3 is 0 Å². The Morgan fingerprint density at radius 3 is 2.34 bits per heavy atom. The van der Waals surface area contributed by atoms with Gasteiger partial charge in [-0.1, -0.05) is 17.7 Å². The van der Waals surface area contributed by atoms with E-state index in [1.165, 1.54) is 24.4 Å². The zero-order chi connectivity index (χ0) is 27.6. The molecule has 9 nitrogen and oxygen atoms in total. The Kier molecular flexibility index (Phi) is 5.76. The van der Waals surface area contributed by atoms with E-state index >= 15 is 0 Å². The van der Waals surface area contributed by atoms with Crippen LogP contribution in [0.3, 0.4) is 0 Å². The molecule has 194 valence electrons. The van der Waals surface area contributed by atoms with Crippen molar-refractivity contribution in [2.24, 2.45) is 5.73 Å². The average Bonchev–Trinajstić information content (AvgIpc) is 3.49. The quantitative estimate of drug-likeness (QED) is 0.339. The molecule has 0 aliphatic rings. The van der Waals surface area contributed by atoms with E-state index in [0.29, 0.717) is 33.1 Å². The van der Waals surface area contributed by atoms with Crippen molar-refractivity contribution in [2.75, 3.05) is 6.26 Å². The number of nitrogens with two attached hydrogens (primary N) is 1. The Balaban J connectivity index is 1.82. The van der Waals surface area contributed by atoms with Gasteiger partial charge in [-0.25, -0.2) is 25.8 Å². The molecule has 1 unspecified atom stereocenters. The number of aromatic amines is 1. The van der Waals surface area contributed by atoms with Crippen molar-refractivity contribution in [3.8, 4) is 6.07 Å². The van der Waals surface area contributed by atoms with Gasteiger partial charge in [-0.15, -0.1) is 0 Å². The molecular formula is C27H25N5O4S2. The van der Waals surface area contributed by atoms with Crippen molar-refractivity contribution >= 4 is 41.8 Å². The minimum Gasteiger partial charge on any atom is -0.340 e. The molecule has 2 aromatic heterocycles. The van der Waals surface area contributed by atoms with Crippen LogP contribution in [0.25, 0.3) is 21.9 Å². The Labute approximate surface area is 220 Å². The SMILES string of the molecule is Cc1ccc(S(=O)(=O)n2ccc3c(C(C)(N)c4nc5ccc(C#N)cc5[nH]4)c(S(C)(=O)=O)cc(C)c32)cc1. The van der Waals surface area contributed by atoms with Crippen LogP contribution in [0.5, 0.6) is 0 Å². The number of fused-ring (bicyclic) bond motifs is 2. The van der Waals surface area contributed by atoms with Crippen molar-refractivity contribution < 1.29 is 16.8 Å². The Morgan fingerprint density at radius 2 is 1.71 bits per heavy atom. The van der Waals surface area contributed by atoms with E-state index in [-0.39, 0.29) is 21.2 Å². The monoisotopic (exact) mass is 547 g/mol. The Hall–Kier alpha value is -3.98. The van der Waals surface area contributed by atoms with Gasteiger partial charge in [0.2, 0.25) is 0 Å². The molecule has 0 aliphatic carbocycles. The summed E-state index contributed by atoms with van der Waals surface area (Å²) >= 11 is 0. The Bertz CT molecular complexity index is 2010. The van der Waals surface area contributed by atoms with E-state index in [1.54, 1.807) is 50.2 Å². The number of imidazole rings is 1. The Morgan fingerprint density at radius 1 is 1.03 bits per heavy atom. The molecule has 3 N–H and O–H groups in total. The van der Waals surface area contributed by atoms with Crippen LogP contribution in [0.15, 0.2) is 70.6 Å². The predicted molar refractivity (Wildman–Crippen MR) is 145 cm³/mol. The molecule has 5 rings (SSSR count). The van der Waals surface area contributed by atoms with Gasteiger partial charge in [0.25, 0.3) is 10.0 Å². The van der Waals surface area contributed by atoms with Crippen molar-refractivity contribution in [1.82, 2.24) is 13.9 Å². The lowest BCUT2D eigenvalue weighted by molar-refractivity contribution is 0.552. The molecule has 0 fully saturated rings. The van der Waals surface area contributed by atoms with Gasteiger partial charge in [0.15, 0.2) is 9.84 Å². The fourth-order valence-corrected chi connectivity index (χ4v) is 7.26. The molecule has 1 atom stereocenters. The minimum atomic E-state index is -3.99. The molecule has 2 heterocycles. The lowest BCUT2D eigenvalue weighted by Crippen LogP contribution is -2.37. The maximum Gasteiger partial charge on any atom is 0.268 e. The first kappa shape index (κ1) is 25.7. The predicted octanol–water partition coefficient (Wildman–Crippen LogP) is 3.87. The van der Waals surface area contributed by atoms with E-state index in [2.05, 4.69) is 16.0 Å². The maximum atomic E-state index is 13.6. The standard InChI is InChI=1S/C27H25N5O4S2/c1-16-5-8-19(9-6-16)38(35,36)32-12-11-20-24(23(37(4,33)34)13-17(2)25(20)32)27(3,29)26-30-21-10-7-18(15-28)14-22(21)31-26/h5-14H,29H2,1-4H3,(H,30,31). The highest BCUT2D eigenvalue weighted by Gasteiger charge is 2.36. The molecular weight excluding hydrogens is 522 g/mol. The third-order valence-electron chi connectivity index (χ3n) is 6.69. The van der Waals surface area contributed by atoms with Gasteiger partial charge in [-0.05, 0) is 68.8 Å². The van der Waals surface area contributed by atoms with Crippen molar-refractivity contribution in [3.63, 3.8) is 0 Å². The molecule has 3 aromatic carbocycles. The van der Waals surface area contributed by atoms with Gasteiger partial charge in [0.05, 0.1) is 43.5 Å². The van der Waals surface area contributed by atoms with E-state index in [1.807, 2.05) is 6.92 Å². The van der Waals surface area contributed by atoms with Crippen molar-refractivity contribution in [2.45, 2.75) is 36.1 Å². The molecule has 11 heteroatoms. The van der Waals surface area contributed by atoms with Crippen LogP contribution >= 0.6 is 0 Å². The lowest BCUT2D eigenvalue weighted by Gasteiger charge is -2.27. The zero-order valence-corrected chi connectivity index (χ0v) is 22.8. The summed E-state index contributed by atoms with van der Waals surface area (Å²) in [7, 11) is -7.78. The fourth-order valence-electron chi connectivity index (χ4n) is 4.77. The number of sulfone groups is 1. The molecule has 0 aliphatic heterocycles. The van der Waals surface area contributed by atoms with Crippen LogP contribution in [-0.2, 0) is 25.4 Å². The van der Waals surface area contributed by atoms with E-state index in [4.69, 9.17) is 5.73 Å². The van der Waals surface area contributed by atoms with Gasteiger partial charge < -0.3 is 10.7 Å². The summed E-state index contributed by atoms with van der Waals surface area (Å²) < 4.78 is 54.4. The maximum absolute atomic E-state index is 13.6. The summed E-state index contributed by atoms with van der Waals surface area (Å²) in [6.07, 6.45) is 2.50. The number of aromatic nitrogens is 3. The van der Waals surface area contributed by atoms with Gasteiger partial charge in [-0.3, -0.25) is 0 Å². The molecule has 0 spiro atoms. The summed E-state index contributed by atoms with van der Waals surface area (Å²) in [5.41, 5.74) is 8.88. The summed E-state index contributed by atoms with van der Waals surface area (Å²) in [5.74, 6) is 0.270. The van der Waals surface area contributed by atoms with Crippen LogP contribution in [0.1, 0.15) is 35.0 Å². The van der Waals surface area contributed by atoms with Crippen LogP contribution in [0.2, 0.25) is 0 Å². The summed E-state index contributed by atoms with van der Waals surface area (Å²) in [4.78, 5) is 7.81. The largest absolute Gasteiger partial charge is 0.340 e. The first-order valence-corrected chi connectivity index (χ1v) is 14.9. The third-order valence-corrected chi connectivity index (χ3v) is 9.50. The molecule has 38 heavy (non-hydrogen) atoms. The number of nitrogens with zero attached hydrogens (tertiary/aromatic N) is 3. The number of hydrogen-bond acceptors (Lipinski definition) is 7. The molecule has 0 amide bonds. The van der Waals surface area contributed by atoms with E-state index in [0.717, 1.165) is 15.8 Å². The number of aryl methyl sites for hydroxylation is 2. The van der Waals surface area contributed by atoms with E-state index < -0.39 is 25.4 Å². The molecule has 0 radical (unpaired) electrons. The zero-order valence-electron chi connectivity index (χ0n) is 21.1. The number of nitrogens with one attached hydrogen (secondary N) is 1. The molecule has 0 bridgehead atoms. The molecule has 0 saturated heterocycles. The van der Waals surface area contributed by atoms with Crippen LogP contribution in [0.4, 0.5) is 0 Å². The normalized spacial score (nSPS) is 14.0. The smallest absolute Gasteiger partial charge is 0.268 e. The first-order valence-electron chi connectivity index (χ1n) is 11.6. The topological polar surface area (TPSA) is 152 Å². The lowest BCUT2D eigenvalue weighted by atomic mass is 9.88. The van der Waals surface area contributed by atoms with Crippen LogP contribution in [0, 0.1) is 25.2 Å². The third kappa shape index (κ3) is 3.98. The van der Waals surface area contributed by atoms with E-state index in [9.17, 15) is 22.1 Å². The second-order valence-corrected chi connectivity index (χ2v) is 13.5. The molecule has 5 aromatic rings. The van der Waals surface area contributed by atoms with Gasteiger partial charge in [0.1, 0.15) is 5.82 Å². The minimum absolute atomic E-state index is 0.0175. The summed E-state index contributed by atoms with van der Waals surface area (Å²) in [6.45, 7) is 5.16. The fraction of sp³-hybridized carbons (Fsp3) is 0.185. The first-order chi connectivity index (χ1) is 17.7. The van der Waals surface area contributed by atoms with Gasteiger partial charge in [0, 0.05) is 23.4 Å². The average molecular weight is 548 g/mol. The highest BCUT2D eigenvalue weighted by molar-refractivity contribution is 7.91. The number of hydrogen-bond donors (Lipinski definition) is 2. The van der Waals surface area contributed by atoms with Crippen molar-refractivity contribution in [1.29, 1.82) is 5.26 Å². The molecule has 0 saturated carbocycles. The second kappa shape index (κ2) is 8.52. The van der Waals surface area contributed by atoms with Crippen LogP contribution < -0.4 is 5.73 Å². The van der Waals surface area contributed by atoms with Crippen molar-refractivity contribution in [3.05, 3.63) is 88.9 Å². The number of H-pyrrole nitrogens is 1.